The van der Waals surface area contributed by atoms with E-state index in [9.17, 15) is 0 Å². The Balaban J connectivity index is 0.000000890. The predicted octanol–water partition coefficient (Wildman–Crippen LogP) is 7.73. The third kappa shape index (κ3) is 7.50. The monoisotopic (exact) mass is 582 g/mol. The Morgan fingerprint density at radius 2 is 0.727 bits per heavy atom. The van der Waals surface area contributed by atoms with Crippen LogP contribution in [-0.2, 0) is 0 Å². The van der Waals surface area contributed by atoms with Crippen molar-refractivity contribution in [2.24, 2.45) is 0 Å². The molecule has 2 radical (unpaired) electrons. The van der Waals surface area contributed by atoms with Gasteiger partial charge in [0, 0.05) is 4.90 Å². The first-order chi connectivity index (χ1) is 15.3. The van der Waals surface area contributed by atoms with Gasteiger partial charge in [-0.1, -0.05) is 75.3 Å². The molecule has 0 amide bonds. The Morgan fingerprint density at radius 1 is 0.485 bits per heavy atom. The van der Waals surface area contributed by atoms with Crippen LogP contribution >= 0.6 is 11.2 Å². The molecule has 0 aliphatic carbocycles. The van der Waals surface area contributed by atoms with Gasteiger partial charge in [0.1, 0.15) is 0 Å². The minimum absolute atomic E-state index is 0.543. The normalized spacial score (nSPS) is 11.1. The molecule has 3 aromatic carbocycles. The molecule has 0 N–H and O–H groups in total. The van der Waals surface area contributed by atoms with E-state index in [1.165, 1.54) is 55.0 Å². The molecule has 3 heteroatoms. The van der Waals surface area contributed by atoms with Gasteiger partial charge in [0.15, 0.2) is 7.95 Å². The Hall–Kier alpha value is -0.974. The van der Waals surface area contributed by atoms with Crippen molar-refractivity contribution in [3.63, 3.8) is 0 Å². The molecule has 0 fully saturated rings. The molecule has 0 aliphatic rings. The molecule has 0 aromatic heterocycles. The van der Waals surface area contributed by atoms with Crippen LogP contribution in [0.4, 0.5) is 0 Å². The van der Waals surface area contributed by atoms with E-state index in [0.29, 0.717) is 0 Å². The third-order valence-electron chi connectivity index (χ3n) is 5.62. The van der Waals surface area contributed by atoms with Gasteiger partial charge in [0.25, 0.3) is 0 Å². The van der Waals surface area contributed by atoms with Crippen molar-refractivity contribution in [3.8, 4) is 0 Å². The zero-order valence-corrected chi connectivity index (χ0v) is 27.5. The second-order valence-electron chi connectivity index (χ2n) is 10.2. The van der Waals surface area contributed by atoms with Crippen LogP contribution < -0.4 is 10.4 Å². The van der Waals surface area contributed by atoms with Gasteiger partial charge >= 0.3 is 34.6 Å². The van der Waals surface area contributed by atoms with E-state index in [1.807, 2.05) is 0 Å². The van der Waals surface area contributed by atoms with Crippen LogP contribution in [0.1, 0.15) is 50.1 Å². The first kappa shape index (κ1) is 28.3. The van der Waals surface area contributed by atoms with Crippen molar-refractivity contribution in [1.29, 1.82) is 0 Å². The van der Waals surface area contributed by atoms with Gasteiger partial charge in [-0.05, 0) is 83.8 Å². The summed E-state index contributed by atoms with van der Waals surface area (Å²) in [4.78, 5) is 8.55. The van der Waals surface area contributed by atoms with Crippen molar-refractivity contribution in [1.82, 2.24) is 0 Å². The molecule has 0 atom stereocenters. The Bertz CT molecular complexity index is 1000. The van der Waals surface area contributed by atoms with E-state index in [4.69, 9.17) is 0 Å². The summed E-state index contributed by atoms with van der Waals surface area (Å²) in [5.74, 6) is 0. The Morgan fingerprint density at radius 3 is 1.00 bits per heavy atom. The number of benzene rings is 3. The minimum atomic E-state index is -1.05. The fraction of sp³-hybridized carbons (Fsp3) is 0.400. The molecule has 3 rings (SSSR count). The molecule has 3 aromatic rings. The van der Waals surface area contributed by atoms with Crippen molar-refractivity contribution in [2.45, 2.75) is 82.0 Å². The van der Waals surface area contributed by atoms with Crippen LogP contribution in [0.2, 0.25) is 14.8 Å². The molecular weight excluding hydrogens is 539 g/mol. The summed E-state index contributed by atoms with van der Waals surface area (Å²) < 4.78 is 0. The predicted molar refractivity (Wildman–Crippen MR) is 156 cm³/mol. The van der Waals surface area contributed by atoms with Gasteiger partial charge in [-0.3, -0.25) is 0 Å². The summed E-state index contributed by atoms with van der Waals surface area (Å²) in [6, 6.07) is 14.1. The quantitative estimate of drug-likeness (QED) is 0.284. The molecule has 0 nitrogen and oxygen atoms in total. The maximum absolute atomic E-state index is 2.36. The molecule has 0 unspecified atom stereocenters. The van der Waals surface area contributed by atoms with Crippen LogP contribution in [0.25, 0.3) is 0 Å². The van der Waals surface area contributed by atoms with Gasteiger partial charge in [-0.15, -0.1) is 11.2 Å². The molecular formula is C30H42SSiSn. The summed E-state index contributed by atoms with van der Waals surface area (Å²) in [6.45, 7) is 20.4. The van der Waals surface area contributed by atoms with Crippen molar-refractivity contribution >= 4 is 49.3 Å². The molecule has 0 aliphatic heterocycles. The van der Waals surface area contributed by atoms with Gasteiger partial charge in [-0.25, -0.2) is 0 Å². The van der Waals surface area contributed by atoms with Crippen LogP contribution in [0.3, 0.4) is 0 Å². The topological polar surface area (TPSA) is 0 Å². The van der Waals surface area contributed by atoms with Crippen LogP contribution in [0.5, 0.6) is 0 Å². The van der Waals surface area contributed by atoms with Crippen molar-refractivity contribution in [2.75, 3.05) is 0 Å². The molecule has 0 bridgehead atoms. The summed E-state index contributed by atoms with van der Waals surface area (Å²) in [5.41, 5.74) is 12.6. The zero-order valence-electron chi connectivity index (χ0n) is 22.9. The maximum atomic E-state index is 2.36. The molecule has 0 saturated carbocycles. The SMILES string of the molecule is Cc1cc(C)c(S[Si](c2c(C)cc(C)cc2C)c2c(C)cc(C)cc2C)c(C)c1.[CH3][Sn]([CH3])[CH3]. The number of hydrogen-bond acceptors (Lipinski definition) is 1. The molecule has 0 spiro atoms. The van der Waals surface area contributed by atoms with Gasteiger partial charge < -0.3 is 0 Å². The van der Waals surface area contributed by atoms with Gasteiger partial charge in [0.05, 0.1) is 0 Å². The van der Waals surface area contributed by atoms with E-state index in [1.54, 1.807) is 10.4 Å². The van der Waals surface area contributed by atoms with Gasteiger partial charge in [0.2, 0.25) is 0 Å². The molecule has 176 valence electrons. The first-order valence-electron chi connectivity index (χ1n) is 11.9. The van der Waals surface area contributed by atoms with Crippen molar-refractivity contribution < 1.29 is 0 Å². The fourth-order valence-electron chi connectivity index (χ4n) is 4.73. The molecule has 33 heavy (non-hydrogen) atoms. The second kappa shape index (κ2) is 12.1. The first-order valence-corrected chi connectivity index (χ1v) is 23.5. The number of aryl methyl sites for hydroxylation is 9. The fourth-order valence-corrected chi connectivity index (χ4v) is 11.7. The van der Waals surface area contributed by atoms with E-state index < -0.39 is 27.7 Å². The summed E-state index contributed by atoms with van der Waals surface area (Å²) in [7, 11) is -1.05. The molecule has 0 saturated heterocycles. The zero-order chi connectivity index (χ0) is 25.0. The number of rotatable bonds is 4. The van der Waals surface area contributed by atoms with Crippen LogP contribution in [0.15, 0.2) is 41.3 Å². The van der Waals surface area contributed by atoms with E-state index in [0.717, 1.165) is 0 Å². The van der Waals surface area contributed by atoms with Gasteiger partial charge in [-0.2, -0.15) is 0 Å². The van der Waals surface area contributed by atoms with Crippen LogP contribution in [-0.4, -0.2) is 27.7 Å². The second-order valence-corrected chi connectivity index (χ2v) is 22.9. The van der Waals surface area contributed by atoms with Crippen LogP contribution in [0, 0.1) is 62.3 Å². The summed E-state index contributed by atoms with van der Waals surface area (Å²) >= 11 is 1.58. The van der Waals surface area contributed by atoms with E-state index >= 15 is 0 Å². The average molecular weight is 582 g/mol. The number of hydrogen-bond donors (Lipinski definition) is 0. The summed E-state index contributed by atoms with van der Waals surface area (Å²) in [5, 5.41) is 3.14. The average Bonchev–Trinajstić information content (AvgIpc) is 2.61. The van der Waals surface area contributed by atoms with E-state index in [-0.39, 0.29) is 0 Å². The standard InChI is InChI=1S/C27H33SSi.3CH3.Sn/c1-16-10-19(4)25(20(5)11-16)28-29(26-21(6)12-17(2)13-22(26)7)27-23(8)14-18(3)15-24(27)9;;;;/h10-15H,1-9H3;3*1H3;. The van der Waals surface area contributed by atoms with Crippen molar-refractivity contribution in [3.05, 3.63) is 86.5 Å². The van der Waals surface area contributed by atoms with E-state index in [2.05, 4.69) is 125 Å². The third-order valence-corrected chi connectivity index (χ3v) is 11.6. The Kier molecular flexibility index (Phi) is 10.4. The summed E-state index contributed by atoms with van der Waals surface area (Å²) in [6.07, 6.45) is 0. The Labute approximate surface area is 216 Å². The molecule has 0 heterocycles.